The Morgan fingerprint density at radius 2 is 1.94 bits per heavy atom. The van der Waals surface area contributed by atoms with Crippen molar-refractivity contribution in [3.8, 4) is 17.2 Å². The molecule has 0 amide bonds. The van der Waals surface area contributed by atoms with Crippen LogP contribution in [-0.2, 0) is 0 Å². The molecule has 16 heavy (non-hydrogen) atoms. The normalized spacial score (nSPS) is 9.81. The first kappa shape index (κ1) is 10.4. The van der Waals surface area contributed by atoms with Crippen molar-refractivity contribution < 1.29 is 0 Å². The third-order valence-corrected chi connectivity index (χ3v) is 2.65. The standard InChI is InChI=1S/C14H12N2/c1-10-8-12(9-15)5-6-13(10)14-4-3-7-16-11(14)2/h3-8H,1-2H3. The Bertz CT molecular complexity index is 565. The van der Waals surface area contributed by atoms with E-state index in [1.165, 1.54) is 0 Å². The van der Waals surface area contributed by atoms with Crippen molar-refractivity contribution in [2.75, 3.05) is 0 Å². The van der Waals surface area contributed by atoms with Gasteiger partial charge in [-0.25, -0.2) is 0 Å². The predicted octanol–water partition coefficient (Wildman–Crippen LogP) is 3.24. The van der Waals surface area contributed by atoms with Gasteiger partial charge in [-0.05, 0) is 43.2 Å². The first-order valence-electron chi connectivity index (χ1n) is 5.15. The first-order valence-corrected chi connectivity index (χ1v) is 5.15. The molecule has 0 atom stereocenters. The fraction of sp³-hybridized carbons (Fsp3) is 0.143. The average molecular weight is 208 g/mol. The Morgan fingerprint density at radius 3 is 2.56 bits per heavy atom. The number of rotatable bonds is 1. The number of pyridine rings is 1. The first-order chi connectivity index (χ1) is 7.72. The molecule has 2 heteroatoms. The molecule has 78 valence electrons. The second-order valence-corrected chi connectivity index (χ2v) is 3.78. The van der Waals surface area contributed by atoms with Crippen molar-refractivity contribution in [2.45, 2.75) is 13.8 Å². The van der Waals surface area contributed by atoms with Gasteiger partial charge in [-0.2, -0.15) is 5.26 Å². The molecule has 2 nitrogen and oxygen atoms in total. The van der Waals surface area contributed by atoms with Crippen LogP contribution in [0, 0.1) is 25.2 Å². The molecule has 1 heterocycles. The van der Waals surface area contributed by atoms with E-state index in [0.29, 0.717) is 5.56 Å². The molecule has 0 spiro atoms. The van der Waals surface area contributed by atoms with E-state index in [-0.39, 0.29) is 0 Å². The summed E-state index contributed by atoms with van der Waals surface area (Å²) in [5.74, 6) is 0. The van der Waals surface area contributed by atoms with Crippen molar-refractivity contribution >= 4 is 0 Å². The van der Waals surface area contributed by atoms with Gasteiger partial charge in [0.1, 0.15) is 0 Å². The number of hydrogen-bond donors (Lipinski definition) is 0. The van der Waals surface area contributed by atoms with Crippen LogP contribution < -0.4 is 0 Å². The van der Waals surface area contributed by atoms with Crippen LogP contribution in [0.4, 0.5) is 0 Å². The van der Waals surface area contributed by atoms with Crippen LogP contribution in [0.15, 0.2) is 36.5 Å². The van der Waals surface area contributed by atoms with Gasteiger partial charge in [0.05, 0.1) is 11.6 Å². The number of nitriles is 1. The summed E-state index contributed by atoms with van der Waals surface area (Å²) in [5.41, 5.74) is 5.09. The molecule has 2 rings (SSSR count). The summed E-state index contributed by atoms with van der Waals surface area (Å²) in [6, 6.07) is 11.9. The van der Waals surface area contributed by atoms with Crippen LogP contribution in [0.3, 0.4) is 0 Å². The number of aromatic nitrogens is 1. The van der Waals surface area contributed by atoms with Crippen molar-refractivity contribution in [1.29, 1.82) is 5.26 Å². The Kier molecular flexibility index (Phi) is 2.70. The number of hydrogen-bond acceptors (Lipinski definition) is 2. The van der Waals surface area contributed by atoms with Gasteiger partial charge >= 0.3 is 0 Å². The van der Waals surface area contributed by atoms with E-state index in [1.807, 2.05) is 38.1 Å². The molecule has 0 aliphatic heterocycles. The van der Waals surface area contributed by atoms with Gasteiger partial charge in [-0.3, -0.25) is 4.98 Å². The minimum atomic E-state index is 0.697. The van der Waals surface area contributed by atoms with Crippen LogP contribution in [-0.4, -0.2) is 4.98 Å². The van der Waals surface area contributed by atoms with Gasteiger partial charge in [0, 0.05) is 17.5 Å². The maximum absolute atomic E-state index is 8.82. The zero-order chi connectivity index (χ0) is 11.5. The molecule has 1 aromatic heterocycles. The molecule has 0 aliphatic rings. The number of benzene rings is 1. The molecule has 2 aromatic rings. The number of aryl methyl sites for hydroxylation is 2. The SMILES string of the molecule is Cc1cc(C#N)ccc1-c1cccnc1C. The molecule has 0 aliphatic carbocycles. The van der Waals surface area contributed by atoms with Crippen molar-refractivity contribution in [2.24, 2.45) is 0 Å². The van der Waals surface area contributed by atoms with Crippen LogP contribution >= 0.6 is 0 Å². The van der Waals surface area contributed by atoms with E-state index in [1.54, 1.807) is 6.20 Å². The summed E-state index contributed by atoms with van der Waals surface area (Å²) in [6.45, 7) is 4.01. The van der Waals surface area contributed by atoms with Gasteiger partial charge in [0.25, 0.3) is 0 Å². The maximum atomic E-state index is 8.82. The fourth-order valence-corrected chi connectivity index (χ4v) is 1.80. The molecule has 1 aromatic carbocycles. The summed E-state index contributed by atoms with van der Waals surface area (Å²) < 4.78 is 0. The van der Waals surface area contributed by atoms with Gasteiger partial charge in [-0.15, -0.1) is 0 Å². The molecular formula is C14H12N2. The highest BCUT2D eigenvalue weighted by Crippen LogP contribution is 2.25. The van der Waals surface area contributed by atoms with E-state index in [4.69, 9.17) is 5.26 Å². The monoisotopic (exact) mass is 208 g/mol. The lowest BCUT2D eigenvalue weighted by Crippen LogP contribution is -1.90. The highest BCUT2D eigenvalue weighted by atomic mass is 14.7. The van der Waals surface area contributed by atoms with Crippen molar-refractivity contribution in [3.05, 3.63) is 53.3 Å². The summed E-state index contributed by atoms with van der Waals surface area (Å²) in [5, 5.41) is 8.82. The molecule has 0 N–H and O–H groups in total. The highest BCUT2D eigenvalue weighted by Gasteiger charge is 2.05. The molecule has 0 fully saturated rings. The summed E-state index contributed by atoms with van der Waals surface area (Å²) in [7, 11) is 0. The maximum Gasteiger partial charge on any atom is 0.0991 e. The molecule has 0 bridgehead atoms. The van der Waals surface area contributed by atoms with Crippen LogP contribution in [0.25, 0.3) is 11.1 Å². The molecule has 0 radical (unpaired) electrons. The van der Waals surface area contributed by atoms with E-state index >= 15 is 0 Å². The van der Waals surface area contributed by atoms with Gasteiger partial charge in [0.2, 0.25) is 0 Å². The summed E-state index contributed by atoms with van der Waals surface area (Å²) in [4.78, 5) is 4.27. The average Bonchev–Trinajstić information content (AvgIpc) is 2.30. The lowest BCUT2D eigenvalue weighted by Gasteiger charge is -2.08. The quantitative estimate of drug-likeness (QED) is 0.721. The van der Waals surface area contributed by atoms with E-state index in [9.17, 15) is 0 Å². The third-order valence-electron chi connectivity index (χ3n) is 2.65. The smallest absolute Gasteiger partial charge is 0.0991 e. The Morgan fingerprint density at radius 1 is 1.12 bits per heavy atom. The lowest BCUT2D eigenvalue weighted by atomic mass is 9.98. The Hall–Kier alpha value is -2.14. The largest absolute Gasteiger partial charge is 0.261 e. The fourth-order valence-electron chi connectivity index (χ4n) is 1.80. The van der Waals surface area contributed by atoms with Crippen LogP contribution in [0.1, 0.15) is 16.8 Å². The van der Waals surface area contributed by atoms with E-state index in [2.05, 4.69) is 17.1 Å². The van der Waals surface area contributed by atoms with Gasteiger partial charge < -0.3 is 0 Å². The van der Waals surface area contributed by atoms with Gasteiger partial charge in [0.15, 0.2) is 0 Å². The number of nitrogens with zero attached hydrogens (tertiary/aromatic N) is 2. The van der Waals surface area contributed by atoms with Crippen molar-refractivity contribution in [1.82, 2.24) is 4.98 Å². The second kappa shape index (κ2) is 4.16. The van der Waals surface area contributed by atoms with Gasteiger partial charge in [-0.1, -0.05) is 12.1 Å². The summed E-state index contributed by atoms with van der Waals surface area (Å²) >= 11 is 0. The topological polar surface area (TPSA) is 36.7 Å². The van der Waals surface area contributed by atoms with Crippen molar-refractivity contribution in [3.63, 3.8) is 0 Å². The molecule has 0 saturated carbocycles. The zero-order valence-corrected chi connectivity index (χ0v) is 9.36. The molecule has 0 saturated heterocycles. The van der Waals surface area contributed by atoms with E-state index < -0.39 is 0 Å². The third kappa shape index (κ3) is 1.80. The lowest BCUT2D eigenvalue weighted by molar-refractivity contribution is 1.20. The minimum absolute atomic E-state index is 0.697. The minimum Gasteiger partial charge on any atom is -0.261 e. The second-order valence-electron chi connectivity index (χ2n) is 3.78. The van der Waals surface area contributed by atoms with Crippen LogP contribution in [0.2, 0.25) is 0 Å². The summed E-state index contributed by atoms with van der Waals surface area (Å²) in [6.07, 6.45) is 1.79. The molecule has 0 unspecified atom stereocenters. The Balaban J connectivity index is 2.58. The predicted molar refractivity (Wildman–Crippen MR) is 63.9 cm³/mol. The zero-order valence-electron chi connectivity index (χ0n) is 9.36. The molecular weight excluding hydrogens is 196 g/mol. The Labute approximate surface area is 95.2 Å². The van der Waals surface area contributed by atoms with E-state index in [0.717, 1.165) is 22.4 Å². The highest BCUT2D eigenvalue weighted by molar-refractivity contribution is 5.69. The van der Waals surface area contributed by atoms with Crippen LogP contribution in [0.5, 0.6) is 0 Å².